The number of Topliss-reactive ketones (excluding diaryl/α,β-unsaturated/α-hetero) is 1. The number of nitrogens with one attached hydrogen (secondary N) is 2. The molecule has 0 atom stereocenters. The number of halogens is 1. The summed E-state index contributed by atoms with van der Waals surface area (Å²) in [5.74, 6) is -0.137. The third-order valence-corrected chi connectivity index (χ3v) is 3.78. The number of hydrazine groups is 1. The number of ether oxygens (including phenoxy) is 1. The Bertz CT molecular complexity index is 590. The maximum atomic E-state index is 11.3. The zero-order valence-electron chi connectivity index (χ0n) is 13.4. The second-order valence-electron chi connectivity index (χ2n) is 4.66. The van der Waals surface area contributed by atoms with Gasteiger partial charge in [-0.3, -0.25) is 4.79 Å². The molecule has 1 aliphatic rings. The van der Waals surface area contributed by atoms with Gasteiger partial charge in [0.25, 0.3) is 0 Å². The molecule has 1 aliphatic heterocycles. The lowest BCUT2D eigenvalue weighted by Gasteiger charge is -2.02. The third kappa shape index (κ3) is 6.64. The van der Waals surface area contributed by atoms with Crippen molar-refractivity contribution in [2.75, 3.05) is 6.61 Å². The highest BCUT2D eigenvalue weighted by Crippen LogP contribution is 2.19. The van der Waals surface area contributed by atoms with Crippen molar-refractivity contribution in [2.24, 2.45) is 0 Å². The van der Waals surface area contributed by atoms with E-state index in [-0.39, 0.29) is 11.8 Å². The van der Waals surface area contributed by atoms with Gasteiger partial charge < -0.3 is 10.2 Å². The van der Waals surface area contributed by atoms with E-state index >= 15 is 0 Å². The lowest BCUT2D eigenvalue weighted by molar-refractivity contribution is -0.139. The van der Waals surface area contributed by atoms with Crippen molar-refractivity contribution in [1.82, 2.24) is 10.3 Å². The molecule has 2 rings (SSSR count). The van der Waals surface area contributed by atoms with Crippen LogP contribution < -0.4 is 10.3 Å². The highest BCUT2D eigenvalue weighted by molar-refractivity contribution is 8.01. The van der Waals surface area contributed by atoms with Gasteiger partial charge >= 0.3 is 5.97 Å². The van der Waals surface area contributed by atoms with Gasteiger partial charge in [-0.25, -0.2) is 4.79 Å². The van der Waals surface area contributed by atoms with Crippen molar-refractivity contribution in [3.8, 4) is 0 Å². The van der Waals surface area contributed by atoms with Crippen LogP contribution in [0.5, 0.6) is 0 Å². The molecular weight excluding hydrogens is 336 g/mol. The summed E-state index contributed by atoms with van der Waals surface area (Å²) in [5, 5.41) is 0.622. The average Bonchev–Trinajstić information content (AvgIpc) is 2.95. The second kappa shape index (κ2) is 10.3. The van der Waals surface area contributed by atoms with Crippen LogP contribution in [-0.4, -0.2) is 18.4 Å². The predicted molar refractivity (Wildman–Crippen MR) is 93.9 cm³/mol. The number of carbonyl (C=O) groups excluding carboxylic acids is 2. The number of rotatable bonds is 5. The first kappa shape index (κ1) is 19.5. The van der Waals surface area contributed by atoms with E-state index in [9.17, 15) is 9.59 Å². The molecule has 0 radical (unpaired) electrons. The molecule has 0 aliphatic carbocycles. The summed E-state index contributed by atoms with van der Waals surface area (Å²) >= 11 is 7.11. The van der Waals surface area contributed by atoms with Gasteiger partial charge in [-0.15, -0.1) is 0 Å². The van der Waals surface area contributed by atoms with Crippen LogP contribution in [0.15, 0.2) is 34.9 Å². The predicted octanol–water partition coefficient (Wildman–Crippen LogP) is 3.86. The molecule has 0 saturated carbocycles. The second-order valence-corrected chi connectivity index (χ2v) is 6.12. The Morgan fingerprint density at radius 2 is 2.04 bits per heavy atom. The number of esters is 1. The molecule has 0 amide bonds. The molecule has 0 saturated heterocycles. The number of carbonyl (C=O) groups is 2. The molecule has 0 unspecified atom stereocenters. The van der Waals surface area contributed by atoms with Crippen molar-refractivity contribution in [1.29, 1.82) is 0 Å². The highest BCUT2D eigenvalue weighted by atomic mass is 35.5. The summed E-state index contributed by atoms with van der Waals surface area (Å²) in [7, 11) is 0. The Kier molecular flexibility index (Phi) is 8.76. The van der Waals surface area contributed by atoms with Gasteiger partial charge in [0.2, 0.25) is 0 Å². The Morgan fingerprint density at radius 1 is 1.30 bits per heavy atom. The maximum absolute atomic E-state index is 11.3. The average molecular weight is 357 g/mol. The minimum Gasteiger partial charge on any atom is -0.461 e. The fourth-order valence-corrected chi connectivity index (χ4v) is 2.46. The molecule has 126 valence electrons. The van der Waals surface area contributed by atoms with Gasteiger partial charge in [-0.2, -0.15) is 4.83 Å². The Morgan fingerprint density at radius 3 is 2.57 bits per heavy atom. The van der Waals surface area contributed by atoms with E-state index in [0.717, 1.165) is 11.3 Å². The summed E-state index contributed by atoms with van der Waals surface area (Å²) < 4.78 is 4.78. The van der Waals surface area contributed by atoms with Crippen LogP contribution in [0.25, 0.3) is 0 Å². The number of allylic oxidation sites excluding steroid dienone is 1. The van der Waals surface area contributed by atoms with E-state index in [0.29, 0.717) is 29.3 Å². The zero-order chi connectivity index (χ0) is 17.2. The van der Waals surface area contributed by atoms with Gasteiger partial charge in [0.05, 0.1) is 6.61 Å². The topological polar surface area (TPSA) is 67.4 Å². The summed E-state index contributed by atoms with van der Waals surface area (Å²) in [6.07, 6.45) is 1.48. The van der Waals surface area contributed by atoms with E-state index in [1.54, 1.807) is 31.2 Å². The summed E-state index contributed by atoms with van der Waals surface area (Å²) in [5.41, 5.74) is 3.93. The third-order valence-electron chi connectivity index (χ3n) is 2.84. The minimum atomic E-state index is -0.303. The molecule has 1 heterocycles. The first-order valence-electron chi connectivity index (χ1n) is 7.34. The molecule has 1 aromatic rings. The van der Waals surface area contributed by atoms with E-state index in [2.05, 4.69) is 10.3 Å². The Balaban J connectivity index is 0.000000231. The fraction of sp³-hybridized carbons (Fsp3) is 0.375. The summed E-state index contributed by atoms with van der Waals surface area (Å²) in [6, 6.07) is 7.07. The molecule has 7 heteroatoms. The van der Waals surface area contributed by atoms with Crippen molar-refractivity contribution in [3.05, 3.63) is 45.5 Å². The molecule has 0 fully saturated rings. The molecule has 0 bridgehead atoms. The molecular formula is C16H21ClN2O3S. The van der Waals surface area contributed by atoms with Gasteiger partial charge in [-0.05, 0) is 44.3 Å². The van der Waals surface area contributed by atoms with E-state index in [1.165, 1.54) is 11.9 Å². The molecule has 23 heavy (non-hydrogen) atoms. The van der Waals surface area contributed by atoms with Crippen LogP contribution in [0.2, 0.25) is 5.02 Å². The lowest BCUT2D eigenvalue weighted by atomic mass is 10.1. The lowest BCUT2D eigenvalue weighted by Crippen LogP contribution is -2.25. The van der Waals surface area contributed by atoms with E-state index in [1.807, 2.05) is 13.8 Å². The van der Waals surface area contributed by atoms with Crippen LogP contribution >= 0.6 is 23.5 Å². The monoisotopic (exact) mass is 356 g/mol. The molecule has 0 aromatic heterocycles. The summed E-state index contributed by atoms with van der Waals surface area (Å²) in [6.45, 7) is 6.03. The molecule has 0 spiro atoms. The van der Waals surface area contributed by atoms with Crippen LogP contribution in [0, 0.1) is 0 Å². The van der Waals surface area contributed by atoms with Gasteiger partial charge in [0.15, 0.2) is 5.78 Å². The van der Waals surface area contributed by atoms with Gasteiger partial charge in [0, 0.05) is 21.9 Å². The zero-order valence-corrected chi connectivity index (χ0v) is 15.0. The summed E-state index contributed by atoms with van der Waals surface area (Å²) in [4.78, 5) is 26.1. The van der Waals surface area contributed by atoms with E-state index in [4.69, 9.17) is 16.3 Å². The Hall–Kier alpha value is -1.50. The molecule has 2 N–H and O–H groups in total. The normalized spacial score (nSPS) is 13.0. The largest absolute Gasteiger partial charge is 0.461 e. The van der Waals surface area contributed by atoms with Gasteiger partial charge in [-0.1, -0.05) is 30.7 Å². The number of hydrogen-bond donors (Lipinski definition) is 2. The SMILES string of the molecule is CCCC(=O)c1cccc(Cl)c1.CCOC(=O)C1=C(C)SNN1. The van der Waals surface area contributed by atoms with Crippen molar-refractivity contribution < 1.29 is 14.3 Å². The van der Waals surface area contributed by atoms with Crippen molar-refractivity contribution in [2.45, 2.75) is 33.6 Å². The number of hydrogen-bond acceptors (Lipinski definition) is 6. The van der Waals surface area contributed by atoms with Crippen LogP contribution in [-0.2, 0) is 9.53 Å². The van der Waals surface area contributed by atoms with Crippen LogP contribution in [0.4, 0.5) is 0 Å². The first-order chi connectivity index (χ1) is 11.0. The number of benzene rings is 1. The maximum Gasteiger partial charge on any atom is 0.356 e. The standard InChI is InChI=1S/C10H11ClO.C6H10N2O2S/c1-2-4-10(12)8-5-3-6-9(11)7-8;1-3-10-6(9)5-4(2)11-8-7-5/h3,5-7H,2,4H2,1H3;7-8H,3H2,1-2H3. The van der Waals surface area contributed by atoms with Gasteiger partial charge in [0.1, 0.15) is 5.70 Å². The van der Waals surface area contributed by atoms with Crippen LogP contribution in [0.1, 0.15) is 44.0 Å². The number of ketones is 1. The molecule has 5 nitrogen and oxygen atoms in total. The van der Waals surface area contributed by atoms with Crippen molar-refractivity contribution in [3.63, 3.8) is 0 Å². The Labute approximate surface area is 145 Å². The van der Waals surface area contributed by atoms with Crippen molar-refractivity contribution >= 4 is 35.3 Å². The molecule has 1 aromatic carbocycles. The minimum absolute atomic E-state index is 0.167. The highest BCUT2D eigenvalue weighted by Gasteiger charge is 2.18. The first-order valence-corrected chi connectivity index (χ1v) is 8.53. The smallest absolute Gasteiger partial charge is 0.356 e. The van der Waals surface area contributed by atoms with Crippen LogP contribution in [0.3, 0.4) is 0 Å². The van der Waals surface area contributed by atoms with E-state index < -0.39 is 0 Å². The fourth-order valence-electron chi connectivity index (χ4n) is 1.72. The quantitative estimate of drug-likeness (QED) is 0.474.